The van der Waals surface area contributed by atoms with Gasteiger partial charge in [0.25, 0.3) is 0 Å². The third-order valence-corrected chi connectivity index (χ3v) is 7.21. The van der Waals surface area contributed by atoms with E-state index in [1.54, 1.807) is 22.9 Å². The number of halogens is 3. The Labute approximate surface area is 213 Å². The minimum absolute atomic E-state index is 0.321. The van der Waals surface area contributed by atoms with E-state index in [1.807, 2.05) is 48.7 Å². The highest BCUT2D eigenvalue weighted by Gasteiger charge is 2.42. The summed E-state index contributed by atoms with van der Waals surface area (Å²) in [6.07, 6.45) is 1.42. The molecule has 2 aliphatic rings. The van der Waals surface area contributed by atoms with Crippen LogP contribution >= 0.6 is 39.3 Å². The van der Waals surface area contributed by atoms with Gasteiger partial charge < -0.3 is 10.1 Å². The van der Waals surface area contributed by atoms with Gasteiger partial charge in [0, 0.05) is 26.2 Å². The molecule has 6 rings (SSSR count). The fourth-order valence-electron chi connectivity index (χ4n) is 4.51. The minimum Gasteiger partial charge on any atom is -0.480 e. The number of nitrogens with zero attached hydrogens (tertiary/aromatic N) is 3. The van der Waals surface area contributed by atoms with Gasteiger partial charge in [-0.1, -0.05) is 69.6 Å². The molecule has 3 heterocycles. The number of hydrogen-bond acceptors (Lipinski definition) is 5. The molecule has 2 unspecified atom stereocenters. The number of ether oxygens (including phenoxy) is 1. The Hall–Kier alpha value is -2.81. The van der Waals surface area contributed by atoms with Gasteiger partial charge in [0.2, 0.25) is 11.1 Å². The van der Waals surface area contributed by atoms with E-state index in [0.29, 0.717) is 27.4 Å². The summed E-state index contributed by atoms with van der Waals surface area (Å²) in [5, 5.41) is 9.32. The smallest absolute Gasteiger partial charge is 0.227 e. The summed E-state index contributed by atoms with van der Waals surface area (Å²) >= 11 is 11.4. The van der Waals surface area contributed by atoms with Gasteiger partial charge in [0.1, 0.15) is 23.7 Å². The molecular formula is C25H17BrClFN4OS. The standard InChI is InChI=1S/C25H17BrClFN4OS/c1-34-25-30-24-29-21-17-12-15(27)9-10-19(17)33-23(13-5-4-6-14(26)11-13)20(21)22(32(24)31-25)16-7-2-3-8-18(16)28/h2-12,22-23H,1H3,(H,29,30,31). The van der Waals surface area contributed by atoms with Crippen molar-refractivity contribution >= 4 is 50.9 Å². The van der Waals surface area contributed by atoms with Crippen molar-refractivity contribution in [1.29, 1.82) is 0 Å². The largest absolute Gasteiger partial charge is 0.480 e. The van der Waals surface area contributed by atoms with Crippen LogP contribution in [0.1, 0.15) is 28.8 Å². The zero-order chi connectivity index (χ0) is 23.4. The highest BCUT2D eigenvalue weighted by molar-refractivity contribution is 9.10. The van der Waals surface area contributed by atoms with Gasteiger partial charge in [-0.15, -0.1) is 5.10 Å². The lowest BCUT2D eigenvalue weighted by atomic mass is 9.84. The van der Waals surface area contributed by atoms with E-state index in [9.17, 15) is 0 Å². The van der Waals surface area contributed by atoms with Crippen LogP contribution in [-0.4, -0.2) is 21.0 Å². The van der Waals surface area contributed by atoms with E-state index < -0.39 is 12.1 Å². The van der Waals surface area contributed by atoms with Crippen LogP contribution in [0.2, 0.25) is 5.02 Å². The zero-order valence-electron chi connectivity index (χ0n) is 17.8. The molecule has 2 aliphatic heterocycles. The van der Waals surface area contributed by atoms with Crippen molar-refractivity contribution in [2.75, 3.05) is 11.6 Å². The molecule has 3 aromatic carbocycles. The van der Waals surface area contributed by atoms with Crippen LogP contribution in [0.5, 0.6) is 5.75 Å². The molecule has 9 heteroatoms. The van der Waals surface area contributed by atoms with Gasteiger partial charge in [0.05, 0.1) is 5.70 Å². The molecule has 4 aromatic rings. The number of fused-ring (bicyclic) bond motifs is 3. The molecule has 0 saturated heterocycles. The first-order valence-electron chi connectivity index (χ1n) is 10.5. The molecule has 0 bridgehead atoms. The summed E-state index contributed by atoms with van der Waals surface area (Å²) in [4.78, 5) is 4.64. The van der Waals surface area contributed by atoms with Crippen molar-refractivity contribution in [3.63, 3.8) is 0 Å². The Morgan fingerprint density at radius 3 is 2.76 bits per heavy atom. The van der Waals surface area contributed by atoms with E-state index in [-0.39, 0.29) is 5.82 Å². The fourth-order valence-corrected chi connectivity index (χ4v) is 5.45. The van der Waals surface area contributed by atoms with Crippen molar-refractivity contribution in [3.8, 4) is 5.75 Å². The van der Waals surface area contributed by atoms with E-state index in [0.717, 1.165) is 26.9 Å². The van der Waals surface area contributed by atoms with Crippen LogP contribution < -0.4 is 10.1 Å². The minimum atomic E-state index is -0.572. The van der Waals surface area contributed by atoms with Crippen LogP contribution in [0, 0.1) is 5.82 Å². The Morgan fingerprint density at radius 1 is 1.12 bits per heavy atom. The molecule has 0 aliphatic carbocycles. The summed E-state index contributed by atoms with van der Waals surface area (Å²) in [6, 6.07) is 19.6. The summed E-state index contributed by atoms with van der Waals surface area (Å²) in [5.41, 5.74) is 3.86. The first-order chi connectivity index (χ1) is 16.5. The molecule has 0 amide bonds. The molecule has 0 saturated carbocycles. The monoisotopic (exact) mass is 554 g/mol. The van der Waals surface area contributed by atoms with Crippen molar-refractivity contribution in [2.24, 2.45) is 0 Å². The number of rotatable bonds is 3. The van der Waals surface area contributed by atoms with E-state index in [4.69, 9.17) is 21.4 Å². The maximum atomic E-state index is 15.3. The van der Waals surface area contributed by atoms with Crippen molar-refractivity contribution in [3.05, 3.63) is 104 Å². The van der Waals surface area contributed by atoms with Crippen LogP contribution in [0.25, 0.3) is 5.70 Å². The van der Waals surface area contributed by atoms with E-state index in [1.165, 1.54) is 17.8 Å². The average molecular weight is 556 g/mol. The quantitative estimate of drug-likeness (QED) is 0.273. The molecule has 1 aromatic heterocycles. The number of anilines is 1. The van der Waals surface area contributed by atoms with Gasteiger partial charge in [-0.2, -0.15) is 4.98 Å². The first-order valence-corrected chi connectivity index (χ1v) is 12.9. The number of thioether (sulfide) groups is 1. The van der Waals surface area contributed by atoms with Crippen LogP contribution in [-0.2, 0) is 0 Å². The lowest BCUT2D eigenvalue weighted by molar-refractivity contribution is 0.222. The van der Waals surface area contributed by atoms with Crippen molar-refractivity contribution in [2.45, 2.75) is 17.3 Å². The third kappa shape index (κ3) is 3.52. The van der Waals surface area contributed by atoms with Gasteiger partial charge >= 0.3 is 0 Å². The summed E-state index contributed by atoms with van der Waals surface area (Å²) in [5.74, 6) is 0.904. The van der Waals surface area contributed by atoms with Gasteiger partial charge in [-0.3, -0.25) is 0 Å². The SMILES string of the molecule is CSc1nc2n(n1)C(c1ccccc1F)C1=C(N2)c2cc(Cl)ccc2OC1c1cccc(Br)c1. The zero-order valence-corrected chi connectivity index (χ0v) is 21.0. The normalized spacial score (nSPS) is 18.5. The predicted octanol–water partition coefficient (Wildman–Crippen LogP) is 7.11. The number of aromatic nitrogens is 3. The molecule has 170 valence electrons. The lowest BCUT2D eigenvalue weighted by Crippen LogP contribution is -2.32. The third-order valence-electron chi connectivity index (χ3n) is 5.95. The second-order valence-corrected chi connectivity index (χ2v) is 10.1. The second-order valence-electron chi connectivity index (χ2n) is 7.94. The molecule has 5 nitrogen and oxygen atoms in total. The van der Waals surface area contributed by atoms with Crippen molar-refractivity contribution in [1.82, 2.24) is 14.8 Å². The molecule has 0 fully saturated rings. The maximum absolute atomic E-state index is 15.3. The molecule has 0 spiro atoms. The highest BCUT2D eigenvalue weighted by Crippen LogP contribution is 2.51. The summed E-state index contributed by atoms with van der Waals surface area (Å²) < 4.78 is 24.5. The molecule has 0 radical (unpaired) electrons. The van der Waals surface area contributed by atoms with Gasteiger partial charge in [-0.05, 0) is 48.2 Å². The Kier molecular flexibility index (Phi) is 5.39. The van der Waals surface area contributed by atoms with Crippen LogP contribution in [0.3, 0.4) is 0 Å². The van der Waals surface area contributed by atoms with E-state index >= 15 is 4.39 Å². The number of hydrogen-bond donors (Lipinski definition) is 1. The molecule has 1 N–H and O–H groups in total. The van der Waals surface area contributed by atoms with Crippen LogP contribution in [0.15, 0.2) is 81.9 Å². The molecular weight excluding hydrogens is 539 g/mol. The number of nitrogens with one attached hydrogen (secondary N) is 1. The Bertz CT molecular complexity index is 1470. The number of benzene rings is 3. The predicted molar refractivity (Wildman–Crippen MR) is 136 cm³/mol. The average Bonchev–Trinajstić information content (AvgIpc) is 3.26. The maximum Gasteiger partial charge on any atom is 0.227 e. The Balaban J connectivity index is 1.67. The lowest BCUT2D eigenvalue weighted by Gasteiger charge is -2.39. The van der Waals surface area contributed by atoms with Crippen molar-refractivity contribution < 1.29 is 9.13 Å². The van der Waals surface area contributed by atoms with Gasteiger partial charge in [0.15, 0.2) is 0 Å². The summed E-state index contributed by atoms with van der Waals surface area (Å²) in [6.45, 7) is 0. The second kappa shape index (κ2) is 8.45. The summed E-state index contributed by atoms with van der Waals surface area (Å²) in [7, 11) is 0. The molecule has 34 heavy (non-hydrogen) atoms. The highest BCUT2D eigenvalue weighted by atomic mass is 79.9. The van der Waals surface area contributed by atoms with E-state index in [2.05, 4.69) is 26.2 Å². The Morgan fingerprint density at radius 2 is 1.97 bits per heavy atom. The first kappa shape index (κ1) is 21.7. The van der Waals surface area contributed by atoms with Gasteiger partial charge in [-0.25, -0.2) is 9.07 Å². The molecule has 2 atom stereocenters. The van der Waals surface area contributed by atoms with Crippen LogP contribution in [0.4, 0.5) is 10.3 Å². The topological polar surface area (TPSA) is 52.0 Å². The fraction of sp³-hybridized carbons (Fsp3) is 0.120.